The molecule has 2 aromatic heterocycles. The number of nitrogens with zero attached hydrogens (tertiary/aromatic N) is 2. The molecule has 92 valence electrons. The zero-order valence-corrected chi connectivity index (χ0v) is 9.84. The van der Waals surface area contributed by atoms with E-state index < -0.39 is 0 Å². The van der Waals surface area contributed by atoms with Crippen LogP contribution in [0.1, 0.15) is 11.1 Å². The predicted octanol–water partition coefficient (Wildman–Crippen LogP) is 1.48. The van der Waals surface area contributed by atoms with Crippen LogP contribution in [0.5, 0.6) is 0 Å². The molecule has 0 spiro atoms. The van der Waals surface area contributed by atoms with Crippen LogP contribution < -0.4 is 10.6 Å². The van der Waals surface area contributed by atoms with Gasteiger partial charge in [0.2, 0.25) is 0 Å². The molecular formula is C13H14N4O. The van der Waals surface area contributed by atoms with Crippen LogP contribution in [0.3, 0.4) is 0 Å². The van der Waals surface area contributed by atoms with E-state index in [1.54, 1.807) is 24.8 Å². The molecule has 2 rings (SSSR count). The van der Waals surface area contributed by atoms with E-state index in [0.29, 0.717) is 13.1 Å². The summed E-state index contributed by atoms with van der Waals surface area (Å²) in [6.07, 6.45) is 6.82. The van der Waals surface area contributed by atoms with Crippen molar-refractivity contribution < 1.29 is 4.79 Å². The lowest BCUT2D eigenvalue weighted by molar-refractivity contribution is 0.240. The molecule has 2 amide bonds. The van der Waals surface area contributed by atoms with Crippen LogP contribution in [0.15, 0.2) is 49.1 Å². The van der Waals surface area contributed by atoms with E-state index in [1.807, 2.05) is 24.3 Å². The fraction of sp³-hybridized carbons (Fsp3) is 0.154. The molecule has 0 atom stereocenters. The first-order valence-corrected chi connectivity index (χ1v) is 5.64. The molecule has 0 saturated carbocycles. The van der Waals surface area contributed by atoms with Crippen LogP contribution >= 0.6 is 0 Å². The zero-order valence-electron chi connectivity index (χ0n) is 9.84. The molecule has 0 saturated heterocycles. The Kier molecular flexibility index (Phi) is 4.24. The Morgan fingerprint density at radius 3 is 2.33 bits per heavy atom. The first kappa shape index (κ1) is 12.0. The summed E-state index contributed by atoms with van der Waals surface area (Å²) in [6.45, 7) is 0.956. The van der Waals surface area contributed by atoms with Gasteiger partial charge in [-0.05, 0) is 29.3 Å². The molecule has 18 heavy (non-hydrogen) atoms. The van der Waals surface area contributed by atoms with Gasteiger partial charge in [0.05, 0.1) is 0 Å². The van der Waals surface area contributed by atoms with Crippen LogP contribution in [0.25, 0.3) is 0 Å². The Bertz CT molecular complexity index is 441. The average Bonchev–Trinajstić information content (AvgIpc) is 2.45. The zero-order chi connectivity index (χ0) is 12.6. The van der Waals surface area contributed by atoms with Crippen molar-refractivity contribution in [1.82, 2.24) is 20.6 Å². The maximum absolute atomic E-state index is 11.5. The Morgan fingerprint density at radius 2 is 1.67 bits per heavy atom. The first-order chi connectivity index (χ1) is 8.84. The van der Waals surface area contributed by atoms with Gasteiger partial charge in [-0.25, -0.2) is 4.79 Å². The van der Waals surface area contributed by atoms with Gasteiger partial charge in [0.15, 0.2) is 0 Å². The van der Waals surface area contributed by atoms with Gasteiger partial charge in [0, 0.05) is 37.9 Å². The molecule has 2 heterocycles. The minimum absolute atomic E-state index is 0.198. The molecule has 0 unspecified atom stereocenters. The molecule has 0 bridgehead atoms. The SMILES string of the molecule is O=C(NCc1ccncc1)NCc1cccnc1. The highest BCUT2D eigenvalue weighted by molar-refractivity contribution is 5.73. The summed E-state index contributed by atoms with van der Waals surface area (Å²) in [6, 6.07) is 7.28. The van der Waals surface area contributed by atoms with E-state index >= 15 is 0 Å². The monoisotopic (exact) mass is 242 g/mol. The molecule has 5 nitrogen and oxygen atoms in total. The third-order valence-electron chi connectivity index (χ3n) is 2.38. The molecule has 2 N–H and O–H groups in total. The summed E-state index contributed by atoms with van der Waals surface area (Å²) in [5, 5.41) is 5.53. The van der Waals surface area contributed by atoms with Gasteiger partial charge >= 0.3 is 6.03 Å². The summed E-state index contributed by atoms with van der Waals surface area (Å²) in [4.78, 5) is 19.4. The van der Waals surface area contributed by atoms with Gasteiger partial charge in [-0.15, -0.1) is 0 Å². The van der Waals surface area contributed by atoms with E-state index in [9.17, 15) is 4.79 Å². The second-order valence-corrected chi connectivity index (χ2v) is 3.75. The second-order valence-electron chi connectivity index (χ2n) is 3.75. The smallest absolute Gasteiger partial charge is 0.315 e. The fourth-order valence-corrected chi connectivity index (χ4v) is 1.43. The second kappa shape index (κ2) is 6.34. The summed E-state index contributed by atoms with van der Waals surface area (Å²) in [7, 11) is 0. The van der Waals surface area contributed by atoms with Gasteiger partial charge in [0.1, 0.15) is 0 Å². The number of carbonyl (C=O) groups excluding carboxylic acids is 1. The maximum atomic E-state index is 11.5. The van der Waals surface area contributed by atoms with Crippen LogP contribution in [-0.4, -0.2) is 16.0 Å². The standard InChI is InChI=1S/C13H14N4O/c18-13(16-9-11-3-6-14-7-4-11)17-10-12-2-1-5-15-8-12/h1-8H,9-10H2,(H2,16,17,18). The lowest BCUT2D eigenvalue weighted by Gasteiger charge is -2.07. The number of amides is 2. The minimum Gasteiger partial charge on any atom is -0.334 e. The lowest BCUT2D eigenvalue weighted by atomic mass is 10.3. The number of hydrogen-bond donors (Lipinski definition) is 2. The molecule has 0 aliphatic rings. The van der Waals surface area contributed by atoms with Crippen molar-refractivity contribution in [2.75, 3.05) is 0 Å². The van der Waals surface area contributed by atoms with E-state index in [4.69, 9.17) is 0 Å². The average molecular weight is 242 g/mol. The van der Waals surface area contributed by atoms with Crippen LogP contribution in [-0.2, 0) is 13.1 Å². The van der Waals surface area contributed by atoms with E-state index in [2.05, 4.69) is 20.6 Å². The normalized spacial score (nSPS) is 9.78. The summed E-state index contributed by atoms with van der Waals surface area (Å²) >= 11 is 0. The highest BCUT2D eigenvalue weighted by Crippen LogP contribution is 1.96. The van der Waals surface area contributed by atoms with Crippen molar-refractivity contribution >= 4 is 6.03 Å². The number of urea groups is 1. The third-order valence-corrected chi connectivity index (χ3v) is 2.38. The topological polar surface area (TPSA) is 66.9 Å². The number of hydrogen-bond acceptors (Lipinski definition) is 3. The number of aromatic nitrogens is 2. The summed E-state index contributed by atoms with van der Waals surface area (Å²) in [5.74, 6) is 0. The highest BCUT2D eigenvalue weighted by Gasteiger charge is 2.00. The molecule has 0 aliphatic carbocycles. The maximum Gasteiger partial charge on any atom is 0.315 e. The molecule has 5 heteroatoms. The quantitative estimate of drug-likeness (QED) is 0.853. The van der Waals surface area contributed by atoms with E-state index in [-0.39, 0.29) is 6.03 Å². The Balaban J connectivity index is 1.73. The number of nitrogens with one attached hydrogen (secondary N) is 2. The van der Waals surface area contributed by atoms with Crippen molar-refractivity contribution in [1.29, 1.82) is 0 Å². The van der Waals surface area contributed by atoms with Crippen molar-refractivity contribution in [3.05, 3.63) is 60.2 Å². The van der Waals surface area contributed by atoms with Gasteiger partial charge in [-0.3, -0.25) is 9.97 Å². The minimum atomic E-state index is -0.198. The van der Waals surface area contributed by atoms with Gasteiger partial charge in [-0.1, -0.05) is 6.07 Å². The van der Waals surface area contributed by atoms with Gasteiger partial charge in [-0.2, -0.15) is 0 Å². The van der Waals surface area contributed by atoms with Crippen molar-refractivity contribution in [3.8, 4) is 0 Å². The molecular weight excluding hydrogens is 228 g/mol. The Hall–Kier alpha value is -2.43. The summed E-state index contributed by atoms with van der Waals surface area (Å²) in [5.41, 5.74) is 1.98. The molecule has 0 radical (unpaired) electrons. The number of rotatable bonds is 4. The van der Waals surface area contributed by atoms with Crippen molar-refractivity contribution in [3.63, 3.8) is 0 Å². The molecule has 2 aromatic rings. The first-order valence-electron chi connectivity index (χ1n) is 5.64. The van der Waals surface area contributed by atoms with Crippen LogP contribution in [0, 0.1) is 0 Å². The Morgan fingerprint density at radius 1 is 0.944 bits per heavy atom. The van der Waals surface area contributed by atoms with Crippen LogP contribution in [0.2, 0.25) is 0 Å². The number of carbonyl (C=O) groups is 1. The molecule has 0 aromatic carbocycles. The van der Waals surface area contributed by atoms with Crippen molar-refractivity contribution in [2.45, 2.75) is 13.1 Å². The van der Waals surface area contributed by atoms with E-state index in [0.717, 1.165) is 11.1 Å². The largest absolute Gasteiger partial charge is 0.334 e. The molecule has 0 aliphatic heterocycles. The van der Waals surface area contributed by atoms with Crippen LogP contribution in [0.4, 0.5) is 4.79 Å². The lowest BCUT2D eigenvalue weighted by Crippen LogP contribution is -2.34. The van der Waals surface area contributed by atoms with Gasteiger partial charge < -0.3 is 10.6 Å². The van der Waals surface area contributed by atoms with E-state index in [1.165, 1.54) is 0 Å². The summed E-state index contributed by atoms with van der Waals surface area (Å²) < 4.78 is 0. The third kappa shape index (κ3) is 3.86. The fourth-order valence-electron chi connectivity index (χ4n) is 1.43. The van der Waals surface area contributed by atoms with Gasteiger partial charge in [0.25, 0.3) is 0 Å². The highest BCUT2D eigenvalue weighted by atomic mass is 16.2. The molecule has 0 fully saturated rings. The van der Waals surface area contributed by atoms with Crippen molar-refractivity contribution in [2.24, 2.45) is 0 Å². The Labute approximate surface area is 105 Å². The number of pyridine rings is 2. The predicted molar refractivity (Wildman–Crippen MR) is 67.5 cm³/mol.